The van der Waals surface area contributed by atoms with Gasteiger partial charge in [-0.25, -0.2) is 4.39 Å². The van der Waals surface area contributed by atoms with Crippen LogP contribution in [0.25, 0.3) is 0 Å². The molecule has 0 radical (unpaired) electrons. The lowest BCUT2D eigenvalue weighted by Crippen LogP contribution is -1.98. The van der Waals surface area contributed by atoms with Gasteiger partial charge in [0.25, 0.3) is 0 Å². The van der Waals surface area contributed by atoms with Crippen molar-refractivity contribution in [3.8, 4) is 0 Å². The van der Waals surface area contributed by atoms with Crippen molar-refractivity contribution in [2.24, 2.45) is 0 Å². The highest BCUT2D eigenvalue weighted by atomic mass is 19.1. The third kappa shape index (κ3) is 4.70. The van der Waals surface area contributed by atoms with Gasteiger partial charge in [-0.3, -0.25) is 0 Å². The molecule has 0 aliphatic rings. The Kier molecular flexibility index (Phi) is 5.92. The third-order valence-corrected chi connectivity index (χ3v) is 2.95. The highest BCUT2D eigenvalue weighted by Gasteiger charge is 2.08. The smallest absolute Gasteiger partial charge is 0.126 e. The van der Waals surface area contributed by atoms with Crippen molar-refractivity contribution >= 4 is 0 Å². The zero-order valence-corrected chi connectivity index (χ0v) is 10.5. The van der Waals surface area contributed by atoms with Crippen molar-refractivity contribution in [1.29, 1.82) is 0 Å². The number of unbranched alkanes of at least 4 members (excludes halogenated alkanes) is 3. The molecule has 0 fully saturated rings. The molecular weight excluding hydrogens is 215 g/mol. The minimum atomic E-state index is -0.474. The van der Waals surface area contributed by atoms with Crippen LogP contribution in [0.1, 0.15) is 49.3 Å². The molecular formula is C15H21FO. The Morgan fingerprint density at radius 3 is 2.76 bits per heavy atom. The summed E-state index contributed by atoms with van der Waals surface area (Å²) < 4.78 is 13.1. The lowest BCUT2D eigenvalue weighted by atomic mass is 10.0. The summed E-state index contributed by atoms with van der Waals surface area (Å²) in [4.78, 5) is 0. The van der Waals surface area contributed by atoms with Crippen LogP contribution in [0, 0.1) is 12.7 Å². The fourth-order valence-electron chi connectivity index (χ4n) is 1.84. The second-order valence-corrected chi connectivity index (χ2v) is 4.45. The van der Waals surface area contributed by atoms with Gasteiger partial charge in [0, 0.05) is 0 Å². The molecule has 0 saturated carbocycles. The normalized spacial score (nSPS) is 12.4. The van der Waals surface area contributed by atoms with E-state index in [2.05, 4.69) is 6.58 Å². The molecule has 0 aliphatic heterocycles. The largest absolute Gasteiger partial charge is 0.388 e. The Labute approximate surface area is 103 Å². The summed E-state index contributed by atoms with van der Waals surface area (Å²) in [5.41, 5.74) is 1.40. The number of halogens is 1. The predicted octanol–water partition coefficient (Wildman–Crippen LogP) is 4.30. The first-order valence-corrected chi connectivity index (χ1v) is 6.20. The Morgan fingerprint density at radius 1 is 1.35 bits per heavy atom. The van der Waals surface area contributed by atoms with E-state index in [4.69, 9.17) is 0 Å². The zero-order chi connectivity index (χ0) is 12.7. The summed E-state index contributed by atoms with van der Waals surface area (Å²) in [5.74, 6) is -0.216. The molecule has 0 saturated heterocycles. The van der Waals surface area contributed by atoms with Gasteiger partial charge in [-0.2, -0.15) is 0 Å². The van der Waals surface area contributed by atoms with Crippen LogP contribution in [-0.2, 0) is 0 Å². The molecule has 1 nitrogen and oxygen atoms in total. The van der Waals surface area contributed by atoms with Crippen molar-refractivity contribution < 1.29 is 9.50 Å². The number of aliphatic hydroxyl groups excluding tert-OH is 1. The molecule has 2 heteroatoms. The number of aliphatic hydroxyl groups is 1. The van der Waals surface area contributed by atoms with Crippen LogP contribution in [0.3, 0.4) is 0 Å². The lowest BCUT2D eigenvalue weighted by molar-refractivity contribution is 0.163. The monoisotopic (exact) mass is 236 g/mol. The molecule has 0 aromatic heterocycles. The van der Waals surface area contributed by atoms with E-state index in [0.717, 1.165) is 37.7 Å². The average molecular weight is 236 g/mol. The minimum Gasteiger partial charge on any atom is -0.388 e. The maximum atomic E-state index is 13.1. The lowest BCUT2D eigenvalue weighted by Gasteiger charge is -2.11. The predicted molar refractivity (Wildman–Crippen MR) is 69.4 cm³/mol. The summed E-state index contributed by atoms with van der Waals surface area (Å²) >= 11 is 0. The van der Waals surface area contributed by atoms with Crippen molar-refractivity contribution in [3.05, 3.63) is 47.8 Å². The summed E-state index contributed by atoms with van der Waals surface area (Å²) in [5, 5.41) is 9.95. The number of rotatable bonds is 7. The van der Waals surface area contributed by atoms with Gasteiger partial charge >= 0.3 is 0 Å². The van der Waals surface area contributed by atoms with Gasteiger partial charge in [0.2, 0.25) is 0 Å². The Hall–Kier alpha value is -1.15. The molecule has 94 valence electrons. The highest BCUT2D eigenvalue weighted by Crippen LogP contribution is 2.21. The standard InChI is InChI=1S/C15H21FO/c1-3-4-5-6-7-8-15(17)13-9-10-14(16)12(2)11-13/h3,9-11,15,17H,1,4-8H2,2H3. The van der Waals surface area contributed by atoms with E-state index in [9.17, 15) is 9.50 Å². The molecule has 0 amide bonds. The summed E-state index contributed by atoms with van der Waals surface area (Å²) in [6.07, 6.45) is 6.43. The first-order valence-electron chi connectivity index (χ1n) is 6.20. The van der Waals surface area contributed by atoms with Crippen LogP contribution < -0.4 is 0 Å². The van der Waals surface area contributed by atoms with Crippen molar-refractivity contribution in [3.63, 3.8) is 0 Å². The van der Waals surface area contributed by atoms with Crippen LogP contribution >= 0.6 is 0 Å². The van der Waals surface area contributed by atoms with Gasteiger partial charge < -0.3 is 5.11 Å². The number of benzene rings is 1. The first kappa shape index (κ1) is 13.9. The molecule has 1 atom stereocenters. The SMILES string of the molecule is C=CCCCCCC(O)c1ccc(F)c(C)c1. The fourth-order valence-corrected chi connectivity index (χ4v) is 1.84. The van der Waals surface area contributed by atoms with E-state index in [1.54, 1.807) is 19.1 Å². The zero-order valence-electron chi connectivity index (χ0n) is 10.5. The van der Waals surface area contributed by atoms with Crippen LogP contribution in [0.4, 0.5) is 4.39 Å². The third-order valence-electron chi connectivity index (χ3n) is 2.95. The number of aryl methyl sites for hydroxylation is 1. The topological polar surface area (TPSA) is 20.2 Å². The van der Waals surface area contributed by atoms with Crippen LogP contribution in [-0.4, -0.2) is 5.11 Å². The van der Waals surface area contributed by atoms with E-state index in [1.165, 1.54) is 6.07 Å². The summed E-state index contributed by atoms with van der Waals surface area (Å²) in [6, 6.07) is 4.81. The number of hydrogen-bond acceptors (Lipinski definition) is 1. The molecule has 0 heterocycles. The first-order chi connectivity index (χ1) is 8.15. The Bertz CT molecular complexity index is 360. The van der Waals surface area contributed by atoms with E-state index >= 15 is 0 Å². The number of hydrogen-bond donors (Lipinski definition) is 1. The van der Waals surface area contributed by atoms with Crippen molar-refractivity contribution in [2.45, 2.75) is 45.1 Å². The maximum Gasteiger partial charge on any atom is 0.126 e. The molecule has 1 rings (SSSR count). The molecule has 0 aliphatic carbocycles. The molecule has 1 aromatic carbocycles. The molecule has 1 aromatic rings. The van der Waals surface area contributed by atoms with E-state index < -0.39 is 6.10 Å². The van der Waals surface area contributed by atoms with Crippen molar-refractivity contribution in [2.75, 3.05) is 0 Å². The van der Waals surface area contributed by atoms with E-state index in [1.807, 2.05) is 6.08 Å². The van der Waals surface area contributed by atoms with Gasteiger partial charge in [0.1, 0.15) is 5.82 Å². The quantitative estimate of drug-likeness (QED) is 0.552. The van der Waals surface area contributed by atoms with Crippen LogP contribution in [0.2, 0.25) is 0 Å². The van der Waals surface area contributed by atoms with Crippen molar-refractivity contribution in [1.82, 2.24) is 0 Å². The van der Waals surface area contributed by atoms with E-state index in [-0.39, 0.29) is 5.82 Å². The molecule has 0 bridgehead atoms. The van der Waals surface area contributed by atoms with Crippen LogP contribution in [0.15, 0.2) is 30.9 Å². The minimum absolute atomic E-state index is 0.216. The second kappa shape index (κ2) is 7.23. The number of allylic oxidation sites excluding steroid dienone is 1. The summed E-state index contributed by atoms with van der Waals surface area (Å²) in [6.45, 7) is 5.39. The Balaban J connectivity index is 2.38. The van der Waals surface area contributed by atoms with Gasteiger partial charge in [-0.15, -0.1) is 6.58 Å². The van der Waals surface area contributed by atoms with E-state index in [0.29, 0.717) is 5.56 Å². The molecule has 0 spiro atoms. The van der Waals surface area contributed by atoms with Gasteiger partial charge in [-0.05, 0) is 43.4 Å². The molecule has 17 heavy (non-hydrogen) atoms. The average Bonchev–Trinajstić information content (AvgIpc) is 2.32. The van der Waals surface area contributed by atoms with Crippen LogP contribution in [0.5, 0.6) is 0 Å². The van der Waals surface area contributed by atoms with Gasteiger partial charge in [0.15, 0.2) is 0 Å². The second-order valence-electron chi connectivity index (χ2n) is 4.45. The summed E-state index contributed by atoms with van der Waals surface area (Å²) in [7, 11) is 0. The van der Waals surface area contributed by atoms with Gasteiger partial charge in [0.05, 0.1) is 6.10 Å². The fraction of sp³-hybridized carbons (Fsp3) is 0.467. The molecule has 1 N–H and O–H groups in total. The van der Waals surface area contributed by atoms with Gasteiger partial charge in [-0.1, -0.05) is 31.1 Å². The Morgan fingerprint density at radius 2 is 2.12 bits per heavy atom. The highest BCUT2D eigenvalue weighted by molar-refractivity contribution is 5.25. The molecule has 1 unspecified atom stereocenters. The maximum absolute atomic E-state index is 13.1.